The lowest BCUT2D eigenvalue weighted by molar-refractivity contribution is -0.121. The summed E-state index contributed by atoms with van der Waals surface area (Å²) in [4.78, 5) is 15.3. The van der Waals surface area contributed by atoms with Gasteiger partial charge in [-0.2, -0.15) is 10.2 Å². The van der Waals surface area contributed by atoms with Gasteiger partial charge in [0.1, 0.15) is 19.2 Å². The largest absolute Gasteiger partial charge is 0.271 e. The molecule has 0 unspecified atom stereocenters. The number of amides is 1. The van der Waals surface area contributed by atoms with Crippen LogP contribution in [0.1, 0.15) is 12.5 Å². The van der Waals surface area contributed by atoms with E-state index in [2.05, 4.69) is 20.6 Å². The molecule has 0 radical (unpaired) electrons. The van der Waals surface area contributed by atoms with E-state index in [0.29, 0.717) is 5.71 Å². The molecule has 6 heteroatoms. The zero-order chi connectivity index (χ0) is 14.2. The van der Waals surface area contributed by atoms with Gasteiger partial charge in [-0.1, -0.05) is 36.4 Å². The molecule has 1 heterocycles. The van der Waals surface area contributed by atoms with Gasteiger partial charge >= 0.3 is 0 Å². The Morgan fingerprint density at radius 1 is 1.40 bits per heavy atom. The van der Waals surface area contributed by atoms with E-state index in [-0.39, 0.29) is 12.5 Å². The normalized spacial score (nSPS) is 11.8. The van der Waals surface area contributed by atoms with Gasteiger partial charge in [0.05, 0.1) is 5.71 Å². The lowest BCUT2D eigenvalue weighted by Gasteiger charge is -2.00. The van der Waals surface area contributed by atoms with Crippen molar-refractivity contribution in [1.82, 2.24) is 20.2 Å². The molecule has 102 valence electrons. The van der Waals surface area contributed by atoms with Gasteiger partial charge < -0.3 is 0 Å². The van der Waals surface area contributed by atoms with Crippen LogP contribution in [0.25, 0.3) is 6.08 Å². The van der Waals surface area contributed by atoms with Gasteiger partial charge in [-0.3, -0.25) is 4.79 Å². The molecule has 0 aliphatic carbocycles. The minimum atomic E-state index is -0.247. The minimum Gasteiger partial charge on any atom is -0.271 e. The van der Waals surface area contributed by atoms with Crippen molar-refractivity contribution in [3.63, 3.8) is 0 Å². The van der Waals surface area contributed by atoms with Crippen LogP contribution in [0.4, 0.5) is 0 Å². The van der Waals surface area contributed by atoms with Crippen molar-refractivity contribution in [3.8, 4) is 0 Å². The van der Waals surface area contributed by atoms with Crippen molar-refractivity contribution in [2.45, 2.75) is 13.5 Å². The molecule has 0 aliphatic heterocycles. The molecule has 1 aromatic heterocycles. The molecule has 2 rings (SSSR count). The molecule has 0 bridgehead atoms. The molecule has 6 nitrogen and oxygen atoms in total. The van der Waals surface area contributed by atoms with E-state index in [1.807, 2.05) is 49.4 Å². The predicted octanol–water partition coefficient (Wildman–Crippen LogP) is 1.48. The van der Waals surface area contributed by atoms with E-state index in [1.165, 1.54) is 17.3 Å². The van der Waals surface area contributed by atoms with Crippen LogP contribution >= 0.6 is 0 Å². The Morgan fingerprint density at radius 2 is 2.20 bits per heavy atom. The number of nitrogens with one attached hydrogen (secondary N) is 1. The average molecular weight is 269 g/mol. The maximum Gasteiger partial charge on any atom is 0.261 e. The number of hydrogen-bond donors (Lipinski definition) is 1. The maximum atomic E-state index is 11.6. The van der Waals surface area contributed by atoms with Gasteiger partial charge in [-0.15, -0.1) is 0 Å². The highest BCUT2D eigenvalue weighted by molar-refractivity contribution is 5.96. The number of aromatic nitrogens is 3. The van der Waals surface area contributed by atoms with Crippen LogP contribution < -0.4 is 5.43 Å². The molecule has 0 fully saturated rings. The first kappa shape index (κ1) is 13.7. The lowest BCUT2D eigenvalue weighted by atomic mass is 10.2. The third-order valence-corrected chi connectivity index (χ3v) is 2.45. The van der Waals surface area contributed by atoms with E-state index < -0.39 is 0 Å². The van der Waals surface area contributed by atoms with Crippen molar-refractivity contribution in [1.29, 1.82) is 0 Å². The molecule has 1 amide bonds. The summed E-state index contributed by atoms with van der Waals surface area (Å²) >= 11 is 0. The van der Waals surface area contributed by atoms with E-state index in [4.69, 9.17) is 0 Å². The van der Waals surface area contributed by atoms with E-state index in [1.54, 1.807) is 0 Å². The lowest BCUT2D eigenvalue weighted by Crippen LogP contribution is -2.24. The molecular weight excluding hydrogens is 254 g/mol. The fourth-order valence-corrected chi connectivity index (χ4v) is 1.47. The SMILES string of the molecule is CC(C=Cc1ccccc1)=NNC(=O)Cn1cncn1. The second-order valence-corrected chi connectivity index (χ2v) is 4.13. The monoisotopic (exact) mass is 269 g/mol. The van der Waals surface area contributed by atoms with Gasteiger partial charge in [0, 0.05) is 0 Å². The second kappa shape index (κ2) is 6.98. The molecule has 20 heavy (non-hydrogen) atoms. The standard InChI is InChI=1S/C14H15N5O/c1-12(7-8-13-5-3-2-4-6-13)17-18-14(20)9-19-11-15-10-16-19/h2-8,10-11H,9H2,1H3,(H,18,20). The van der Waals surface area contributed by atoms with Crippen LogP contribution in [0, 0.1) is 0 Å². The van der Waals surface area contributed by atoms with E-state index in [0.717, 1.165) is 5.56 Å². The molecule has 0 atom stereocenters. The minimum absolute atomic E-state index is 0.0964. The van der Waals surface area contributed by atoms with Crippen LogP contribution in [0.15, 0.2) is 54.2 Å². The topological polar surface area (TPSA) is 72.2 Å². The number of hydrazone groups is 1. The smallest absolute Gasteiger partial charge is 0.261 e. The molecule has 0 aliphatic rings. The molecule has 0 saturated carbocycles. The van der Waals surface area contributed by atoms with Gasteiger partial charge in [0.2, 0.25) is 0 Å². The summed E-state index contributed by atoms with van der Waals surface area (Å²) in [5.74, 6) is -0.247. The number of nitrogens with zero attached hydrogens (tertiary/aromatic N) is 4. The van der Waals surface area contributed by atoms with Gasteiger partial charge in [-0.25, -0.2) is 15.1 Å². The molecule has 1 aromatic carbocycles. The Morgan fingerprint density at radius 3 is 2.90 bits per heavy atom. The number of carbonyl (C=O) groups excluding carboxylic acids is 1. The van der Waals surface area contributed by atoms with Crippen LogP contribution in [0.3, 0.4) is 0 Å². The predicted molar refractivity (Wildman–Crippen MR) is 76.7 cm³/mol. The maximum absolute atomic E-state index is 11.6. The Bertz CT molecular complexity index is 602. The van der Waals surface area contributed by atoms with Crippen LogP contribution in [-0.2, 0) is 11.3 Å². The first-order chi connectivity index (χ1) is 9.74. The van der Waals surface area contributed by atoms with Crippen molar-refractivity contribution in [2.75, 3.05) is 0 Å². The second-order valence-electron chi connectivity index (χ2n) is 4.13. The third-order valence-electron chi connectivity index (χ3n) is 2.45. The summed E-state index contributed by atoms with van der Waals surface area (Å²) in [6.07, 6.45) is 6.63. The highest BCUT2D eigenvalue weighted by Crippen LogP contribution is 2.00. The molecule has 2 aromatic rings. The van der Waals surface area contributed by atoms with Crippen molar-refractivity contribution < 1.29 is 4.79 Å². The molecule has 0 spiro atoms. The number of benzene rings is 1. The summed E-state index contributed by atoms with van der Waals surface area (Å²) in [5, 5.41) is 7.83. The van der Waals surface area contributed by atoms with E-state index in [9.17, 15) is 4.79 Å². The first-order valence-electron chi connectivity index (χ1n) is 6.13. The molecular formula is C14H15N5O. The van der Waals surface area contributed by atoms with Gasteiger partial charge in [0.25, 0.3) is 5.91 Å². The van der Waals surface area contributed by atoms with Crippen molar-refractivity contribution in [2.24, 2.45) is 5.10 Å². The van der Waals surface area contributed by atoms with Crippen molar-refractivity contribution >= 4 is 17.7 Å². The number of rotatable bonds is 5. The fraction of sp³-hybridized carbons (Fsp3) is 0.143. The van der Waals surface area contributed by atoms with E-state index >= 15 is 0 Å². The molecule has 0 saturated heterocycles. The van der Waals surface area contributed by atoms with Crippen LogP contribution in [0.5, 0.6) is 0 Å². The highest BCUT2D eigenvalue weighted by Gasteiger charge is 2.01. The Labute approximate surface area is 116 Å². The highest BCUT2D eigenvalue weighted by atomic mass is 16.2. The number of allylic oxidation sites excluding steroid dienone is 1. The van der Waals surface area contributed by atoms with Crippen molar-refractivity contribution in [3.05, 3.63) is 54.6 Å². The Hall–Kier alpha value is -2.76. The van der Waals surface area contributed by atoms with Gasteiger partial charge in [-0.05, 0) is 18.6 Å². The summed E-state index contributed by atoms with van der Waals surface area (Å²) < 4.78 is 1.43. The average Bonchev–Trinajstić information content (AvgIpc) is 2.97. The summed E-state index contributed by atoms with van der Waals surface area (Å²) in [7, 11) is 0. The first-order valence-corrected chi connectivity index (χ1v) is 6.13. The third kappa shape index (κ3) is 4.49. The van der Waals surface area contributed by atoms with Crippen LogP contribution in [0.2, 0.25) is 0 Å². The van der Waals surface area contributed by atoms with Gasteiger partial charge in [0.15, 0.2) is 0 Å². The molecule has 1 N–H and O–H groups in total. The number of hydrogen-bond acceptors (Lipinski definition) is 4. The fourth-order valence-electron chi connectivity index (χ4n) is 1.47. The summed E-state index contributed by atoms with van der Waals surface area (Å²) in [6, 6.07) is 9.88. The zero-order valence-electron chi connectivity index (χ0n) is 11.1. The summed E-state index contributed by atoms with van der Waals surface area (Å²) in [5.41, 5.74) is 4.25. The Balaban J connectivity index is 1.84. The number of carbonyl (C=O) groups is 1. The quantitative estimate of drug-likeness (QED) is 0.660. The zero-order valence-corrected chi connectivity index (χ0v) is 11.1. The Kier molecular flexibility index (Phi) is 4.77. The summed E-state index contributed by atoms with van der Waals surface area (Å²) in [6.45, 7) is 1.91. The van der Waals surface area contributed by atoms with Crippen LogP contribution in [-0.4, -0.2) is 26.4 Å².